The number of carboxylic acids is 1. The van der Waals surface area contributed by atoms with E-state index in [1.54, 1.807) is 23.9 Å². The van der Waals surface area contributed by atoms with Crippen LogP contribution in [0.3, 0.4) is 0 Å². The zero-order chi connectivity index (χ0) is 23.6. The number of hydrogen-bond acceptors (Lipinski definition) is 3. The van der Waals surface area contributed by atoms with Crippen LogP contribution in [-0.2, 0) is 28.7 Å². The standard InChI is InChI=1S/C25H20F4O3S/c26-22-10-3-17(13-21(22)25(27,28)29)14-32-19-6-1-16(2-7-19)15-33-20-8-4-18(5-9-20)24(11-12-24)23(30)31/h1-10,13H,11-12,14-15H2,(H,30,31). The van der Waals surface area contributed by atoms with E-state index in [0.717, 1.165) is 28.2 Å². The van der Waals surface area contributed by atoms with E-state index in [0.29, 0.717) is 24.3 Å². The number of benzene rings is 3. The lowest BCUT2D eigenvalue weighted by molar-refractivity contribution is -0.140. The number of aliphatic carboxylic acids is 1. The van der Waals surface area contributed by atoms with Crippen LogP contribution in [0, 0.1) is 5.82 Å². The first kappa shape index (κ1) is 23.2. The minimum Gasteiger partial charge on any atom is -0.489 e. The molecule has 0 aromatic heterocycles. The van der Waals surface area contributed by atoms with Crippen LogP contribution in [0.2, 0.25) is 0 Å². The fourth-order valence-corrected chi connectivity index (χ4v) is 4.37. The Morgan fingerprint density at radius 2 is 1.61 bits per heavy atom. The van der Waals surface area contributed by atoms with Gasteiger partial charge in [0.25, 0.3) is 0 Å². The molecule has 1 aliphatic carbocycles. The number of hydrogen-bond donors (Lipinski definition) is 1. The molecule has 0 unspecified atom stereocenters. The van der Waals surface area contributed by atoms with Crippen LogP contribution in [0.15, 0.2) is 71.6 Å². The van der Waals surface area contributed by atoms with Gasteiger partial charge < -0.3 is 9.84 Å². The van der Waals surface area contributed by atoms with Crippen LogP contribution >= 0.6 is 11.8 Å². The van der Waals surface area contributed by atoms with Crippen molar-refractivity contribution >= 4 is 17.7 Å². The molecule has 0 heterocycles. The summed E-state index contributed by atoms with van der Waals surface area (Å²) in [4.78, 5) is 12.5. The Balaban J connectivity index is 1.31. The number of carboxylic acid groups (broad SMARTS) is 1. The highest BCUT2D eigenvalue weighted by Crippen LogP contribution is 2.48. The van der Waals surface area contributed by atoms with Crippen molar-refractivity contribution in [2.24, 2.45) is 0 Å². The van der Waals surface area contributed by atoms with Crippen LogP contribution in [0.5, 0.6) is 5.75 Å². The largest absolute Gasteiger partial charge is 0.489 e. The number of alkyl halides is 3. The second-order valence-corrected chi connectivity index (χ2v) is 8.99. The van der Waals surface area contributed by atoms with Crippen molar-refractivity contribution in [1.82, 2.24) is 0 Å². The second kappa shape index (κ2) is 9.09. The van der Waals surface area contributed by atoms with Crippen molar-refractivity contribution in [3.8, 4) is 5.75 Å². The predicted molar refractivity (Wildman–Crippen MR) is 117 cm³/mol. The van der Waals surface area contributed by atoms with E-state index < -0.39 is 28.9 Å². The highest BCUT2D eigenvalue weighted by atomic mass is 32.2. The van der Waals surface area contributed by atoms with E-state index in [2.05, 4.69) is 0 Å². The highest BCUT2D eigenvalue weighted by Gasteiger charge is 2.51. The summed E-state index contributed by atoms with van der Waals surface area (Å²) in [6.07, 6.45) is -3.41. The molecule has 1 saturated carbocycles. The van der Waals surface area contributed by atoms with E-state index in [4.69, 9.17) is 4.74 Å². The van der Waals surface area contributed by atoms with Crippen LogP contribution in [0.25, 0.3) is 0 Å². The van der Waals surface area contributed by atoms with Gasteiger partial charge in [0, 0.05) is 10.6 Å². The fourth-order valence-electron chi connectivity index (χ4n) is 3.52. The van der Waals surface area contributed by atoms with E-state index in [-0.39, 0.29) is 12.2 Å². The smallest absolute Gasteiger partial charge is 0.419 e. The van der Waals surface area contributed by atoms with E-state index >= 15 is 0 Å². The van der Waals surface area contributed by atoms with Crippen LogP contribution in [-0.4, -0.2) is 11.1 Å². The molecular formula is C25H20F4O3S. The minimum absolute atomic E-state index is 0.109. The molecule has 0 aliphatic heterocycles. The van der Waals surface area contributed by atoms with Crippen LogP contribution in [0.1, 0.15) is 35.1 Å². The lowest BCUT2D eigenvalue weighted by atomic mass is 9.96. The van der Waals surface area contributed by atoms with Gasteiger partial charge in [-0.05, 0) is 65.9 Å². The molecule has 4 rings (SSSR count). The summed E-state index contributed by atoms with van der Waals surface area (Å²) in [5, 5.41) is 9.38. The molecule has 0 bridgehead atoms. The van der Waals surface area contributed by atoms with Crippen LogP contribution in [0.4, 0.5) is 17.6 Å². The Kier molecular flexibility index (Phi) is 6.38. The van der Waals surface area contributed by atoms with E-state index in [9.17, 15) is 27.5 Å². The maximum Gasteiger partial charge on any atom is 0.419 e. The van der Waals surface area contributed by atoms with Crippen molar-refractivity contribution in [1.29, 1.82) is 0 Å². The highest BCUT2D eigenvalue weighted by molar-refractivity contribution is 7.98. The van der Waals surface area contributed by atoms with E-state index in [1.165, 1.54) is 6.07 Å². The van der Waals surface area contributed by atoms with Gasteiger partial charge in [-0.3, -0.25) is 4.79 Å². The SMILES string of the molecule is O=C(O)C1(c2ccc(SCc3ccc(OCc4ccc(F)c(C(F)(F)F)c4)cc3)cc2)CC1. The van der Waals surface area contributed by atoms with Gasteiger partial charge in [-0.2, -0.15) is 13.2 Å². The average Bonchev–Trinajstić information content (AvgIpc) is 3.60. The van der Waals surface area contributed by atoms with Gasteiger partial charge in [0.1, 0.15) is 18.2 Å². The van der Waals surface area contributed by atoms with Crippen LogP contribution < -0.4 is 4.74 Å². The molecule has 8 heteroatoms. The first-order chi connectivity index (χ1) is 15.7. The topological polar surface area (TPSA) is 46.5 Å². The quantitative estimate of drug-likeness (QED) is 0.286. The van der Waals surface area contributed by atoms with Gasteiger partial charge in [-0.1, -0.05) is 30.3 Å². The monoisotopic (exact) mass is 476 g/mol. The normalized spacial score (nSPS) is 14.7. The van der Waals surface area contributed by atoms with Gasteiger partial charge >= 0.3 is 12.1 Å². The third kappa shape index (κ3) is 5.33. The van der Waals surface area contributed by atoms with Gasteiger partial charge in [0.2, 0.25) is 0 Å². The maximum absolute atomic E-state index is 13.4. The molecule has 0 saturated heterocycles. The summed E-state index contributed by atoms with van der Waals surface area (Å²) in [6.45, 7) is -0.109. The fraction of sp³-hybridized carbons (Fsp3) is 0.240. The maximum atomic E-state index is 13.4. The predicted octanol–water partition coefficient (Wildman–Crippen LogP) is 6.83. The average molecular weight is 476 g/mol. The Hall–Kier alpha value is -3.00. The first-order valence-electron chi connectivity index (χ1n) is 10.2. The van der Waals surface area contributed by atoms with Gasteiger partial charge in [0.15, 0.2) is 0 Å². The summed E-state index contributed by atoms with van der Waals surface area (Å²) in [7, 11) is 0. The Labute approximate surface area is 192 Å². The molecular weight excluding hydrogens is 456 g/mol. The van der Waals surface area contributed by atoms with Crippen molar-refractivity contribution in [2.75, 3.05) is 0 Å². The lowest BCUT2D eigenvalue weighted by Gasteiger charge is -2.12. The number of thioether (sulfide) groups is 1. The molecule has 33 heavy (non-hydrogen) atoms. The Bertz CT molecular complexity index is 1140. The van der Waals surface area contributed by atoms with Gasteiger partial charge in [0.05, 0.1) is 11.0 Å². The molecule has 3 aromatic rings. The summed E-state index contributed by atoms with van der Waals surface area (Å²) in [5.74, 6) is -0.896. The van der Waals surface area contributed by atoms with Crippen molar-refractivity contribution in [3.63, 3.8) is 0 Å². The number of halogens is 4. The Morgan fingerprint density at radius 1 is 0.970 bits per heavy atom. The molecule has 172 valence electrons. The number of ether oxygens (including phenoxy) is 1. The van der Waals surface area contributed by atoms with E-state index in [1.807, 2.05) is 36.4 Å². The summed E-state index contributed by atoms with van der Waals surface area (Å²) in [5.41, 5.74) is 0.0782. The molecule has 3 aromatic carbocycles. The molecule has 1 aliphatic rings. The minimum atomic E-state index is -4.75. The number of carbonyl (C=O) groups is 1. The molecule has 0 amide bonds. The van der Waals surface area contributed by atoms with Crippen molar-refractivity contribution in [3.05, 3.63) is 94.8 Å². The Morgan fingerprint density at radius 3 is 2.18 bits per heavy atom. The lowest BCUT2D eigenvalue weighted by Crippen LogP contribution is -2.19. The summed E-state index contributed by atoms with van der Waals surface area (Å²) >= 11 is 1.61. The zero-order valence-electron chi connectivity index (χ0n) is 17.4. The second-order valence-electron chi connectivity index (χ2n) is 7.94. The third-order valence-corrected chi connectivity index (χ3v) is 6.72. The zero-order valence-corrected chi connectivity index (χ0v) is 18.2. The summed E-state index contributed by atoms with van der Waals surface area (Å²) in [6, 6.07) is 17.6. The molecule has 0 radical (unpaired) electrons. The molecule has 1 fully saturated rings. The summed E-state index contributed by atoms with van der Waals surface area (Å²) < 4.78 is 57.4. The van der Waals surface area contributed by atoms with Crippen molar-refractivity contribution < 1.29 is 32.2 Å². The number of rotatable bonds is 8. The molecule has 0 atom stereocenters. The molecule has 3 nitrogen and oxygen atoms in total. The third-order valence-electron chi connectivity index (χ3n) is 5.64. The van der Waals surface area contributed by atoms with Crippen molar-refractivity contribution in [2.45, 2.75) is 41.7 Å². The molecule has 1 N–H and O–H groups in total. The molecule has 0 spiro atoms. The van der Waals surface area contributed by atoms with Gasteiger partial charge in [-0.25, -0.2) is 4.39 Å². The van der Waals surface area contributed by atoms with Gasteiger partial charge in [-0.15, -0.1) is 11.8 Å². The first-order valence-corrected chi connectivity index (χ1v) is 11.2.